The molecule has 1 unspecified atom stereocenters. The number of aromatic nitrogens is 2. The van der Waals surface area contributed by atoms with Gasteiger partial charge in [-0.1, -0.05) is 44.2 Å². The van der Waals surface area contributed by atoms with E-state index in [4.69, 9.17) is 0 Å². The maximum Gasteiger partial charge on any atom is 0.337 e. The molecule has 1 aromatic carbocycles. The maximum atomic E-state index is 12.4. The molecule has 0 amide bonds. The molecule has 6 nitrogen and oxygen atoms in total. The Morgan fingerprint density at radius 2 is 1.80 bits per heavy atom. The van der Waals surface area contributed by atoms with E-state index in [1.54, 1.807) is 0 Å². The molecule has 0 aliphatic carbocycles. The van der Waals surface area contributed by atoms with Gasteiger partial charge in [0.05, 0.1) is 16.2 Å². The lowest BCUT2D eigenvalue weighted by Crippen LogP contribution is -2.27. The van der Waals surface area contributed by atoms with Gasteiger partial charge in [-0.25, -0.2) is 9.59 Å². The van der Waals surface area contributed by atoms with Gasteiger partial charge in [0, 0.05) is 4.91 Å². The van der Waals surface area contributed by atoms with Crippen molar-refractivity contribution >= 4 is 26.5 Å². The summed E-state index contributed by atoms with van der Waals surface area (Å²) >= 11 is 0. The van der Waals surface area contributed by atoms with Gasteiger partial charge in [-0.05, 0) is 23.5 Å². The Kier molecular flexibility index (Phi) is 4.20. The second-order valence-electron chi connectivity index (χ2n) is 6.64. The Labute approximate surface area is 145 Å². The largest absolute Gasteiger partial charge is 0.478 e. The number of benzene rings is 1. The molecule has 0 saturated heterocycles. The highest BCUT2D eigenvalue weighted by atomic mass is 32.3. The Balaban J connectivity index is 2.46. The van der Waals surface area contributed by atoms with Gasteiger partial charge >= 0.3 is 11.7 Å². The predicted molar refractivity (Wildman–Crippen MR) is 100 cm³/mol. The van der Waals surface area contributed by atoms with Crippen molar-refractivity contribution in [3.05, 3.63) is 62.3 Å². The summed E-state index contributed by atoms with van der Waals surface area (Å²) in [6.45, 7) is 4.09. The Morgan fingerprint density at radius 3 is 2.36 bits per heavy atom. The van der Waals surface area contributed by atoms with Crippen molar-refractivity contribution in [1.29, 1.82) is 0 Å². The van der Waals surface area contributed by atoms with Crippen molar-refractivity contribution in [3.63, 3.8) is 0 Å². The summed E-state index contributed by atoms with van der Waals surface area (Å²) in [7, 11) is -1.87. The predicted octanol–water partition coefficient (Wildman–Crippen LogP) is 2.48. The van der Waals surface area contributed by atoms with Crippen LogP contribution in [0.4, 0.5) is 0 Å². The highest BCUT2D eigenvalue weighted by Crippen LogP contribution is 2.70. The van der Waals surface area contributed by atoms with Gasteiger partial charge < -0.3 is 10.1 Å². The van der Waals surface area contributed by atoms with E-state index < -0.39 is 27.2 Å². The molecule has 1 aliphatic rings. The standard InChI is InChI=1S/C18H20N2O4S/c1-10(2)9-25(3)14(11-7-5-4-6-8-11)12(17(22)23)13-15(21)19-18(24)20-16(13)25/h4-8,10H,9H2,1-3H3,(H,22,23)(H2,19,20,21,24). The summed E-state index contributed by atoms with van der Waals surface area (Å²) in [5.74, 6) is -0.208. The maximum absolute atomic E-state index is 12.4. The highest BCUT2D eigenvalue weighted by Gasteiger charge is 2.43. The molecule has 1 atom stereocenters. The van der Waals surface area contributed by atoms with Gasteiger partial charge in [0.25, 0.3) is 5.56 Å². The van der Waals surface area contributed by atoms with Crippen LogP contribution in [0.5, 0.6) is 0 Å². The van der Waals surface area contributed by atoms with Gasteiger partial charge in [-0.15, -0.1) is 0 Å². The van der Waals surface area contributed by atoms with E-state index in [1.165, 1.54) is 0 Å². The van der Waals surface area contributed by atoms with Crippen molar-refractivity contribution in [2.45, 2.75) is 18.9 Å². The topological polar surface area (TPSA) is 103 Å². The molecule has 1 aliphatic heterocycles. The van der Waals surface area contributed by atoms with Crippen LogP contribution in [0, 0.1) is 5.92 Å². The number of aromatic amines is 2. The SMILES string of the molecule is CC(C)CS1(C)C(c2ccccc2)=C(C(=O)O)c2c1[nH]c(=O)[nH]c2=O. The van der Waals surface area contributed by atoms with Crippen molar-refractivity contribution in [1.82, 2.24) is 9.97 Å². The molecule has 2 heterocycles. The zero-order chi connectivity index (χ0) is 18.4. The summed E-state index contributed by atoms with van der Waals surface area (Å²) in [5.41, 5.74) is -0.398. The van der Waals surface area contributed by atoms with Crippen LogP contribution in [0.15, 0.2) is 44.9 Å². The van der Waals surface area contributed by atoms with E-state index in [0.29, 0.717) is 15.7 Å². The second-order valence-corrected chi connectivity index (χ2v) is 9.96. The molecule has 0 bridgehead atoms. The molecule has 0 radical (unpaired) electrons. The van der Waals surface area contributed by atoms with Gasteiger partial charge in [0.1, 0.15) is 0 Å². The fourth-order valence-electron chi connectivity index (χ4n) is 3.50. The zero-order valence-corrected chi connectivity index (χ0v) is 15.1. The molecule has 0 saturated carbocycles. The molecule has 3 rings (SSSR count). The van der Waals surface area contributed by atoms with Crippen molar-refractivity contribution in [2.75, 3.05) is 12.0 Å². The number of carboxylic acid groups (broad SMARTS) is 1. The number of hydrogen-bond donors (Lipinski definition) is 3. The zero-order valence-electron chi connectivity index (χ0n) is 14.3. The van der Waals surface area contributed by atoms with Crippen LogP contribution in [0.1, 0.15) is 25.0 Å². The molecule has 2 aromatic rings. The number of nitrogens with one attached hydrogen (secondary N) is 2. The first-order valence-electron chi connectivity index (χ1n) is 7.91. The first-order chi connectivity index (χ1) is 11.8. The van der Waals surface area contributed by atoms with Gasteiger partial charge in [-0.3, -0.25) is 9.78 Å². The van der Waals surface area contributed by atoms with Crippen molar-refractivity contribution in [2.24, 2.45) is 5.92 Å². The number of rotatable bonds is 4. The van der Waals surface area contributed by atoms with E-state index in [0.717, 1.165) is 5.56 Å². The first-order valence-corrected chi connectivity index (χ1v) is 10.1. The van der Waals surface area contributed by atoms with E-state index >= 15 is 0 Å². The van der Waals surface area contributed by atoms with E-state index in [2.05, 4.69) is 9.97 Å². The quantitative estimate of drug-likeness (QED) is 0.729. The van der Waals surface area contributed by atoms with Crippen LogP contribution >= 0.6 is 10.0 Å². The van der Waals surface area contributed by atoms with Crippen molar-refractivity contribution in [3.8, 4) is 0 Å². The Hall–Kier alpha value is -2.54. The fraction of sp³-hybridized carbons (Fsp3) is 0.278. The number of carboxylic acids is 1. The lowest BCUT2D eigenvalue weighted by molar-refractivity contribution is -0.130. The van der Waals surface area contributed by atoms with Crippen LogP contribution in [-0.4, -0.2) is 33.1 Å². The van der Waals surface area contributed by atoms with E-state index in [-0.39, 0.29) is 17.1 Å². The fourth-order valence-corrected chi connectivity index (χ4v) is 7.63. The minimum Gasteiger partial charge on any atom is -0.478 e. The minimum atomic E-state index is -1.87. The average Bonchev–Trinajstić information content (AvgIpc) is 2.77. The molecule has 3 N–H and O–H groups in total. The van der Waals surface area contributed by atoms with Crippen LogP contribution < -0.4 is 11.2 Å². The normalized spacial score (nSPS) is 21.9. The van der Waals surface area contributed by atoms with Crippen molar-refractivity contribution < 1.29 is 9.90 Å². The molecule has 1 aromatic heterocycles. The summed E-state index contributed by atoms with van der Waals surface area (Å²) in [4.78, 5) is 41.9. The summed E-state index contributed by atoms with van der Waals surface area (Å²) < 4.78 is 0. The van der Waals surface area contributed by atoms with Gasteiger partial charge in [0.15, 0.2) is 0 Å². The summed E-state index contributed by atoms with van der Waals surface area (Å²) in [6.07, 6.45) is 1.97. The first kappa shape index (κ1) is 17.3. The number of aliphatic carboxylic acids is 1. The lowest BCUT2D eigenvalue weighted by Gasteiger charge is -2.36. The van der Waals surface area contributed by atoms with Crippen LogP contribution in [0.2, 0.25) is 0 Å². The highest BCUT2D eigenvalue weighted by molar-refractivity contribution is 8.41. The second kappa shape index (κ2) is 6.07. The molecule has 132 valence electrons. The number of carbonyl (C=O) groups is 1. The van der Waals surface area contributed by atoms with Crippen LogP contribution in [-0.2, 0) is 4.79 Å². The minimum absolute atomic E-state index is 0.00292. The number of hydrogen-bond acceptors (Lipinski definition) is 3. The third kappa shape index (κ3) is 2.74. The molecular formula is C18H20N2O4S. The van der Waals surface area contributed by atoms with E-state index in [9.17, 15) is 19.5 Å². The van der Waals surface area contributed by atoms with Gasteiger partial charge in [-0.2, -0.15) is 10.0 Å². The molecule has 0 spiro atoms. The third-order valence-electron chi connectivity index (χ3n) is 4.20. The molecule has 0 fully saturated rings. The molecular weight excluding hydrogens is 340 g/mol. The van der Waals surface area contributed by atoms with Gasteiger partial charge in [0.2, 0.25) is 0 Å². The summed E-state index contributed by atoms with van der Waals surface area (Å²) in [5, 5.41) is 10.3. The lowest BCUT2D eigenvalue weighted by atomic mass is 10.1. The number of H-pyrrole nitrogens is 2. The van der Waals surface area contributed by atoms with E-state index in [1.807, 2.05) is 50.4 Å². The average molecular weight is 360 g/mol. The molecule has 7 heteroatoms. The summed E-state index contributed by atoms with van der Waals surface area (Å²) in [6, 6.07) is 9.24. The van der Waals surface area contributed by atoms with Crippen LogP contribution in [0.3, 0.4) is 0 Å². The number of fused-ring (bicyclic) bond motifs is 1. The molecule has 25 heavy (non-hydrogen) atoms. The van der Waals surface area contributed by atoms with Crippen LogP contribution in [0.25, 0.3) is 10.5 Å². The Morgan fingerprint density at radius 1 is 1.16 bits per heavy atom. The smallest absolute Gasteiger partial charge is 0.337 e. The third-order valence-corrected chi connectivity index (χ3v) is 8.08. The Bertz CT molecular complexity index is 988. The monoisotopic (exact) mass is 360 g/mol.